The van der Waals surface area contributed by atoms with Crippen LogP contribution in [0.5, 0.6) is 0 Å². The maximum Gasteiger partial charge on any atom is 0.418 e. The van der Waals surface area contributed by atoms with Crippen molar-refractivity contribution in [1.29, 1.82) is 0 Å². The first-order valence-corrected chi connectivity index (χ1v) is 13.5. The molecule has 1 fully saturated rings. The summed E-state index contributed by atoms with van der Waals surface area (Å²) in [4.78, 5) is 25.6. The number of benzene rings is 1. The van der Waals surface area contributed by atoms with E-state index in [1.165, 1.54) is 46.9 Å². The van der Waals surface area contributed by atoms with Crippen molar-refractivity contribution in [2.45, 2.75) is 18.8 Å². The van der Waals surface area contributed by atoms with Gasteiger partial charge in [0, 0.05) is 75.1 Å². The molecule has 0 bridgehead atoms. The van der Waals surface area contributed by atoms with Crippen LogP contribution in [0.2, 0.25) is 0 Å². The normalized spacial score (nSPS) is 16.0. The van der Waals surface area contributed by atoms with Crippen LogP contribution in [0.15, 0.2) is 65.4 Å². The summed E-state index contributed by atoms with van der Waals surface area (Å²) in [6.07, 6.45) is -3.92. The molecule has 0 N–H and O–H groups in total. The highest BCUT2D eigenvalue weighted by molar-refractivity contribution is 5.74. The third kappa shape index (κ3) is 5.44. The first-order chi connectivity index (χ1) is 20.3. The van der Waals surface area contributed by atoms with Crippen molar-refractivity contribution in [2.75, 3.05) is 38.1 Å². The Labute approximate surface area is 242 Å². The number of aromatic nitrogens is 4. The first-order valence-electron chi connectivity index (χ1n) is 13.5. The Morgan fingerprint density at radius 1 is 0.837 bits per heavy atom. The Morgan fingerprint density at radius 2 is 1.58 bits per heavy atom. The number of likely N-dealkylation sites (N-methyl/N-ethyl adjacent to an activating group) is 1. The molecule has 0 amide bonds. The summed E-state index contributed by atoms with van der Waals surface area (Å²) < 4.78 is 85.0. The zero-order valence-electron chi connectivity index (χ0n) is 23.2. The molecule has 4 heterocycles. The molecular weight excluding hydrogens is 574 g/mol. The fraction of sp³-hybridized carbons (Fsp3) is 0.300. The number of alkyl halides is 6. The summed E-state index contributed by atoms with van der Waals surface area (Å²) in [6.45, 7) is 2.14. The summed E-state index contributed by atoms with van der Waals surface area (Å²) in [6, 6.07) is 8.75. The fourth-order valence-electron chi connectivity index (χ4n) is 5.49. The lowest BCUT2D eigenvalue weighted by molar-refractivity contribution is -0.137. The number of hydrogen-bond donors (Lipinski definition) is 0. The van der Waals surface area contributed by atoms with Gasteiger partial charge in [-0.2, -0.15) is 26.3 Å². The second-order valence-electron chi connectivity index (χ2n) is 10.8. The minimum Gasteiger partial charge on any atom is -0.368 e. The number of nitrogens with zero attached hydrogens (tertiary/aromatic N) is 6. The van der Waals surface area contributed by atoms with Crippen LogP contribution in [0.1, 0.15) is 16.8 Å². The Balaban J connectivity index is 1.40. The highest BCUT2D eigenvalue weighted by Crippen LogP contribution is 2.39. The summed E-state index contributed by atoms with van der Waals surface area (Å²) >= 11 is 0. The van der Waals surface area contributed by atoms with Crippen molar-refractivity contribution < 1.29 is 26.3 Å². The largest absolute Gasteiger partial charge is 0.418 e. The highest BCUT2D eigenvalue weighted by Gasteiger charge is 2.37. The van der Waals surface area contributed by atoms with Crippen molar-refractivity contribution >= 4 is 11.8 Å². The van der Waals surface area contributed by atoms with Crippen LogP contribution < -0.4 is 10.6 Å². The molecule has 4 aromatic rings. The average molecular weight is 601 g/mol. The van der Waals surface area contributed by atoms with Gasteiger partial charge in [0.15, 0.2) is 0 Å². The minimum absolute atomic E-state index is 0.0296. The molecule has 0 atom stereocenters. The number of piperazine rings is 1. The van der Waals surface area contributed by atoms with Crippen molar-refractivity contribution in [3.8, 4) is 28.2 Å². The number of anilines is 1. The molecule has 2 aliphatic rings. The molecule has 3 aromatic heterocycles. The Morgan fingerprint density at radius 3 is 2.28 bits per heavy atom. The third-order valence-electron chi connectivity index (χ3n) is 7.85. The fourth-order valence-corrected chi connectivity index (χ4v) is 5.49. The quantitative estimate of drug-likeness (QED) is 0.287. The molecule has 0 saturated carbocycles. The number of imidazole rings is 1. The molecule has 0 spiro atoms. The molecule has 1 aliphatic heterocycles. The number of fused-ring (bicyclic) bond motifs is 1. The highest BCUT2D eigenvalue weighted by atomic mass is 19.4. The second-order valence-corrected chi connectivity index (χ2v) is 10.8. The van der Waals surface area contributed by atoms with Gasteiger partial charge in [-0.25, -0.2) is 4.79 Å². The first kappa shape index (κ1) is 28.7. The zero-order chi connectivity index (χ0) is 30.7. The molecule has 43 heavy (non-hydrogen) atoms. The van der Waals surface area contributed by atoms with E-state index in [2.05, 4.69) is 9.97 Å². The van der Waals surface area contributed by atoms with Crippen LogP contribution >= 0.6 is 0 Å². The van der Waals surface area contributed by atoms with Gasteiger partial charge in [0.05, 0.1) is 28.3 Å². The average Bonchev–Trinajstić information content (AvgIpc) is 3.53. The Hall–Kier alpha value is -4.39. The van der Waals surface area contributed by atoms with E-state index >= 15 is 0 Å². The van der Waals surface area contributed by atoms with Gasteiger partial charge in [-0.15, -0.1) is 0 Å². The Bertz CT molecular complexity index is 1790. The molecule has 6 rings (SSSR count). The number of hydrogen-bond acceptors (Lipinski definition) is 5. The maximum atomic E-state index is 14.3. The molecule has 1 aliphatic carbocycles. The molecule has 0 radical (unpaired) electrons. The third-order valence-corrected chi connectivity index (χ3v) is 7.85. The number of rotatable bonds is 4. The van der Waals surface area contributed by atoms with Gasteiger partial charge >= 0.3 is 18.0 Å². The van der Waals surface area contributed by atoms with E-state index in [9.17, 15) is 31.1 Å². The zero-order valence-corrected chi connectivity index (χ0v) is 23.2. The van der Waals surface area contributed by atoms with Gasteiger partial charge in [-0.3, -0.25) is 14.5 Å². The van der Waals surface area contributed by atoms with Crippen molar-refractivity contribution in [2.24, 2.45) is 7.05 Å². The van der Waals surface area contributed by atoms with E-state index in [0.717, 1.165) is 12.1 Å². The molecule has 13 heteroatoms. The summed E-state index contributed by atoms with van der Waals surface area (Å²) in [5, 5.41) is 0. The molecule has 7 nitrogen and oxygen atoms in total. The van der Waals surface area contributed by atoms with Crippen LogP contribution in [-0.2, 0) is 19.6 Å². The summed E-state index contributed by atoms with van der Waals surface area (Å²) in [7, 11) is 3.41. The van der Waals surface area contributed by atoms with E-state index in [1.54, 1.807) is 23.1 Å². The molecule has 224 valence electrons. The van der Waals surface area contributed by atoms with Gasteiger partial charge in [0.2, 0.25) is 0 Å². The van der Waals surface area contributed by atoms with Gasteiger partial charge in [0.25, 0.3) is 0 Å². The number of allylic oxidation sites excluding steroid dienone is 1. The number of pyridine rings is 2. The molecule has 0 unspecified atom stereocenters. The Kier molecular flexibility index (Phi) is 6.95. The van der Waals surface area contributed by atoms with E-state index in [1.807, 2.05) is 11.9 Å². The van der Waals surface area contributed by atoms with E-state index < -0.39 is 29.2 Å². The van der Waals surface area contributed by atoms with Crippen molar-refractivity contribution in [3.05, 3.63) is 87.9 Å². The lowest BCUT2D eigenvalue weighted by atomic mass is 10.0. The van der Waals surface area contributed by atoms with Crippen molar-refractivity contribution in [1.82, 2.24) is 24.0 Å². The van der Waals surface area contributed by atoms with Crippen LogP contribution in [0.25, 0.3) is 34.3 Å². The lowest BCUT2D eigenvalue weighted by Gasteiger charge is -2.35. The maximum absolute atomic E-state index is 14.3. The van der Waals surface area contributed by atoms with E-state index in [0.29, 0.717) is 54.3 Å². The molecule has 1 aromatic carbocycles. The lowest BCUT2D eigenvalue weighted by Crippen LogP contribution is -2.45. The number of aryl methyl sites for hydroxylation is 1. The van der Waals surface area contributed by atoms with Crippen LogP contribution in [0, 0.1) is 0 Å². The minimum atomic E-state index is -4.66. The molecule has 1 saturated heterocycles. The standard InChI is InChI=1S/C30H26F6N6O/c1-39-7-9-41(10-8-39)26-4-3-22(15-23(26)30(34,35)36)42-27(17-40(2)28(42)43)25-13-18(5-6-37-25)20-11-19-12-21(29(31,32)33)14-24(19)38-16-20/h3-6,11-13,15-17H,7-10,14H2,1-2H3. The van der Waals surface area contributed by atoms with Gasteiger partial charge in [0.1, 0.15) is 0 Å². The van der Waals surface area contributed by atoms with Gasteiger partial charge < -0.3 is 14.4 Å². The van der Waals surface area contributed by atoms with Crippen LogP contribution in [-0.4, -0.2) is 63.4 Å². The number of halogens is 6. The van der Waals surface area contributed by atoms with E-state index in [-0.39, 0.29) is 23.5 Å². The van der Waals surface area contributed by atoms with Crippen LogP contribution in [0.4, 0.5) is 32.0 Å². The SMILES string of the molecule is CN1CCN(c2ccc(-n3c(-c4cc(-c5cnc6c(c5)C=C(C(F)(F)F)C6)ccn4)cn(C)c3=O)cc2C(F)(F)F)CC1. The van der Waals surface area contributed by atoms with Crippen molar-refractivity contribution in [3.63, 3.8) is 0 Å². The second kappa shape index (κ2) is 10.4. The van der Waals surface area contributed by atoms with E-state index in [4.69, 9.17) is 0 Å². The summed E-state index contributed by atoms with van der Waals surface area (Å²) in [5.74, 6) is 0. The smallest absolute Gasteiger partial charge is 0.368 e. The summed E-state index contributed by atoms with van der Waals surface area (Å²) in [5.41, 5.74) is 0.336. The predicted molar refractivity (Wildman–Crippen MR) is 150 cm³/mol. The van der Waals surface area contributed by atoms with Gasteiger partial charge in [-0.05, 0) is 60.6 Å². The van der Waals surface area contributed by atoms with Gasteiger partial charge in [-0.1, -0.05) is 0 Å². The topological polar surface area (TPSA) is 59.2 Å². The molecular formula is C30H26F6N6O. The van der Waals surface area contributed by atoms with Crippen LogP contribution in [0.3, 0.4) is 0 Å². The predicted octanol–water partition coefficient (Wildman–Crippen LogP) is 5.57. The monoisotopic (exact) mass is 600 g/mol.